The summed E-state index contributed by atoms with van der Waals surface area (Å²) in [6.07, 6.45) is 2.00. The van der Waals surface area contributed by atoms with Gasteiger partial charge >= 0.3 is 0 Å². The third-order valence-electron chi connectivity index (χ3n) is 5.07. The van der Waals surface area contributed by atoms with Gasteiger partial charge in [-0.25, -0.2) is 0 Å². The number of aromatic hydroxyl groups is 1. The molecule has 0 radical (unpaired) electrons. The molecule has 1 aliphatic rings. The van der Waals surface area contributed by atoms with Gasteiger partial charge in [0, 0.05) is 38.4 Å². The van der Waals surface area contributed by atoms with Crippen molar-refractivity contribution in [2.45, 2.75) is 19.8 Å². The van der Waals surface area contributed by atoms with E-state index in [9.17, 15) is 9.90 Å². The lowest BCUT2D eigenvalue weighted by Gasteiger charge is -2.36. The summed E-state index contributed by atoms with van der Waals surface area (Å²) >= 11 is 0. The maximum Gasteiger partial charge on any atom is 0.255 e. The minimum atomic E-state index is -0.208. The number of unbranched alkanes of at least 4 members (excludes halogenated alkanes) is 1. The third kappa shape index (κ3) is 5.47. The quantitative estimate of drug-likeness (QED) is 0.739. The van der Waals surface area contributed by atoms with Crippen LogP contribution in [0.15, 0.2) is 48.5 Å². The number of nitrogens with one attached hydrogen (secondary N) is 1. The Kier molecular flexibility index (Phi) is 6.71. The molecule has 27 heavy (non-hydrogen) atoms. The number of anilines is 1. The molecule has 0 spiro atoms. The maximum absolute atomic E-state index is 12.0. The molecule has 0 aromatic heterocycles. The molecule has 5 heteroatoms. The number of carbonyl (C=O) groups excluding carboxylic acids is 1. The zero-order chi connectivity index (χ0) is 19.1. The molecule has 2 aromatic carbocycles. The first-order chi connectivity index (χ1) is 13.1. The number of aryl methyl sites for hydroxylation is 1. The van der Waals surface area contributed by atoms with E-state index >= 15 is 0 Å². The number of amides is 1. The van der Waals surface area contributed by atoms with E-state index in [1.165, 1.54) is 17.3 Å². The highest BCUT2D eigenvalue weighted by Crippen LogP contribution is 2.18. The summed E-state index contributed by atoms with van der Waals surface area (Å²) in [7, 11) is 0. The molecule has 1 aliphatic heterocycles. The van der Waals surface area contributed by atoms with Crippen LogP contribution < -0.4 is 10.2 Å². The van der Waals surface area contributed by atoms with E-state index in [2.05, 4.69) is 46.3 Å². The average Bonchev–Trinajstić information content (AvgIpc) is 2.68. The fraction of sp³-hybridized carbons (Fsp3) is 0.409. The van der Waals surface area contributed by atoms with Gasteiger partial charge in [-0.15, -0.1) is 0 Å². The summed E-state index contributed by atoms with van der Waals surface area (Å²) in [6, 6.07) is 15.3. The van der Waals surface area contributed by atoms with Crippen LogP contribution in [0.3, 0.4) is 0 Å². The standard InChI is InChI=1S/C22H29N3O2/c1-18-7-6-8-19(17-18)25-15-13-24(14-16-25)12-5-4-11-23-22(27)20-9-2-3-10-21(20)26/h2-3,6-10,17,26H,4-5,11-16H2,1H3,(H,23,27). The second kappa shape index (κ2) is 9.42. The summed E-state index contributed by atoms with van der Waals surface area (Å²) in [5, 5.41) is 12.6. The Morgan fingerprint density at radius 2 is 1.81 bits per heavy atom. The van der Waals surface area contributed by atoms with Gasteiger partial charge in [0.15, 0.2) is 0 Å². The third-order valence-corrected chi connectivity index (χ3v) is 5.07. The number of phenolic OH excluding ortho intramolecular Hbond substituents is 1. The Morgan fingerprint density at radius 3 is 2.56 bits per heavy atom. The van der Waals surface area contributed by atoms with E-state index in [4.69, 9.17) is 0 Å². The minimum absolute atomic E-state index is 0.0291. The first kappa shape index (κ1) is 19.2. The lowest BCUT2D eigenvalue weighted by molar-refractivity contribution is 0.0950. The highest BCUT2D eigenvalue weighted by atomic mass is 16.3. The molecule has 5 nitrogen and oxygen atoms in total. The highest BCUT2D eigenvalue weighted by molar-refractivity contribution is 5.96. The van der Waals surface area contributed by atoms with Gasteiger partial charge in [0.05, 0.1) is 5.56 Å². The zero-order valence-electron chi connectivity index (χ0n) is 16.0. The van der Waals surface area contributed by atoms with Gasteiger partial charge in [-0.3, -0.25) is 9.69 Å². The van der Waals surface area contributed by atoms with Gasteiger partial charge in [-0.2, -0.15) is 0 Å². The van der Waals surface area contributed by atoms with Crippen LogP contribution in [0.5, 0.6) is 5.75 Å². The number of hydrogen-bond acceptors (Lipinski definition) is 4. The van der Waals surface area contributed by atoms with Crippen LogP contribution in [-0.4, -0.2) is 55.2 Å². The summed E-state index contributed by atoms with van der Waals surface area (Å²) in [6.45, 7) is 8.12. The Morgan fingerprint density at radius 1 is 1.04 bits per heavy atom. The van der Waals surface area contributed by atoms with Crippen LogP contribution in [0.2, 0.25) is 0 Å². The van der Waals surface area contributed by atoms with Crippen molar-refractivity contribution in [1.29, 1.82) is 0 Å². The van der Waals surface area contributed by atoms with Crippen LogP contribution >= 0.6 is 0 Å². The summed E-state index contributed by atoms with van der Waals surface area (Å²) in [5.41, 5.74) is 2.96. The number of piperazine rings is 1. The van der Waals surface area contributed by atoms with E-state index in [-0.39, 0.29) is 11.7 Å². The van der Waals surface area contributed by atoms with Crippen LogP contribution in [0.1, 0.15) is 28.8 Å². The number of hydrogen-bond donors (Lipinski definition) is 2. The number of nitrogens with zero attached hydrogens (tertiary/aromatic N) is 2. The lowest BCUT2D eigenvalue weighted by Crippen LogP contribution is -2.46. The Hall–Kier alpha value is -2.53. The predicted octanol–water partition coefficient (Wildman–Crippen LogP) is 3.03. The largest absolute Gasteiger partial charge is 0.507 e. The summed E-state index contributed by atoms with van der Waals surface area (Å²) < 4.78 is 0. The van der Waals surface area contributed by atoms with E-state index in [0.717, 1.165) is 45.6 Å². The van der Waals surface area contributed by atoms with Gasteiger partial charge in [-0.05, 0) is 56.1 Å². The minimum Gasteiger partial charge on any atom is -0.507 e. The molecule has 0 bridgehead atoms. The first-order valence-electron chi connectivity index (χ1n) is 9.73. The Labute approximate surface area is 161 Å². The van der Waals surface area contributed by atoms with Crippen molar-refractivity contribution in [3.05, 3.63) is 59.7 Å². The van der Waals surface area contributed by atoms with E-state index in [0.29, 0.717) is 12.1 Å². The molecular weight excluding hydrogens is 338 g/mol. The van der Waals surface area contributed by atoms with Crippen LogP contribution in [0, 0.1) is 6.92 Å². The fourth-order valence-corrected chi connectivity index (χ4v) is 3.48. The molecule has 0 saturated carbocycles. The molecule has 0 unspecified atom stereocenters. The Balaban J connectivity index is 1.32. The summed E-state index contributed by atoms with van der Waals surface area (Å²) in [4.78, 5) is 17.0. The number of benzene rings is 2. The fourth-order valence-electron chi connectivity index (χ4n) is 3.48. The Bertz CT molecular complexity index is 755. The monoisotopic (exact) mass is 367 g/mol. The molecule has 2 N–H and O–H groups in total. The molecule has 1 fully saturated rings. The summed E-state index contributed by atoms with van der Waals surface area (Å²) in [5.74, 6) is -0.179. The van der Waals surface area contributed by atoms with Gasteiger partial charge in [-0.1, -0.05) is 24.3 Å². The highest BCUT2D eigenvalue weighted by Gasteiger charge is 2.16. The van der Waals surface area contributed by atoms with Crippen molar-refractivity contribution in [2.75, 3.05) is 44.2 Å². The molecule has 0 atom stereocenters. The molecule has 1 amide bonds. The number of para-hydroxylation sites is 1. The predicted molar refractivity (Wildman–Crippen MR) is 110 cm³/mol. The van der Waals surface area contributed by atoms with Gasteiger partial charge in [0.1, 0.15) is 5.75 Å². The lowest BCUT2D eigenvalue weighted by atomic mass is 10.2. The molecule has 2 aromatic rings. The van der Waals surface area contributed by atoms with Crippen molar-refractivity contribution >= 4 is 11.6 Å². The zero-order valence-corrected chi connectivity index (χ0v) is 16.0. The van der Waals surface area contributed by atoms with Crippen molar-refractivity contribution in [3.8, 4) is 5.75 Å². The average molecular weight is 367 g/mol. The molecule has 0 aliphatic carbocycles. The maximum atomic E-state index is 12.0. The van der Waals surface area contributed by atoms with Gasteiger partial charge in [0.2, 0.25) is 0 Å². The number of carbonyl (C=O) groups is 1. The van der Waals surface area contributed by atoms with Crippen molar-refractivity contribution < 1.29 is 9.90 Å². The van der Waals surface area contributed by atoms with E-state index in [1.807, 2.05) is 0 Å². The number of rotatable bonds is 7. The normalized spacial score (nSPS) is 14.9. The van der Waals surface area contributed by atoms with Crippen molar-refractivity contribution in [3.63, 3.8) is 0 Å². The second-order valence-electron chi connectivity index (χ2n) is 7.15. The van der Waals surface area contributed by atoms with Crippen molar-refractivity contribution in [2.24, 2.45) is 0 Å². The smallest absolute Gasteiger partial charge is 0.255 e. The van der Waals surface area contributed by atoms with Gasteiger partial charge < -0.3 is 15.3 Å². The van der Waals surface area contributed by atoms with Crippen LogP contribution in [-0.2, 0) is 0 Å². The molecule has 3 rings (SSSR count). The van der Waals surface area contributed by atoms with E-state index in [1.54, 1.807) is 18.2 Å². The molecule has 1 saturated heterocycles. The second-order valence-corrected chi connectivity index (χ2v) is 7.15. The number of phenols is 1. The molecule has 144 valence electrons. The van der Waals surface area contributed by atoms with E-state index < -0.39 is 0 Å². The van der Waals surface area contributed by atoms with Crippen molar-refractivity contribution in [1.82, 2.24) is 10.2 Å². The first-order valence-corrected chi connectivity index (χ1v) is 9.73. The molecular formula is C22H29N3O2. The topological polar surface area (TPSA) is 55.8 Å². The molecule has 1 heterocycles. The van der Waals surface area contributed by atoms with Crippen LogP contribution in [0.25, 0.3) is 0 Å². The van der Waals surface area contributed by atoms with Crippen LogP contribution in [0.4, 0.5) is 5.69 Å². The SMILES string of the molecule is Cc1cccc(N2CCN(CCCCNC(=O)c3ccccc3O)CC2)c1. The van der Waals surface area contributed by atoms with Gasteiger partial charge in [0.25, 0.3) is 5.91 Å².